The molecule has 1 atom stereocenters. The molecule has 5 nitrogen and oxygen atoms in total. The number of para-hydroxylation sites is 1. The van der Waals surface area contributed by atoms with Crippen molar-refractivity contribution in [2.45, 2.75) is 24.7 Å². The number of benzene rings is 3. The molecule has 0 radical (unpaired) electrons. The fourth-order valence-corrected chi connectivity index (χ4v) is 4.57. The van der Waals surface area contributed by atoms with Crippen LogP contribution in [0.4, 0.5) is 10.1 Å². The molecular weight excluding hydrogens is 415 g/mol. The zero-order valence-corrected chi connectivity index (χ0v) is 18.3. The average Bonchev–Trinajstić information content (AvgIpc) is 2.77. The monoisotopic (exact) mass is 440 g/mol. The number of hydrogen-bond donors (Lipinski definition) is 1. The first-order valence-electron chi connectivity index (χ1n) is 9.94. The van der Waals surface area contributed by atoms with Gasteiger partial charge in [0.05, 0.1) is 10.6 Å². The molecule has 0 saturated heterocycles. The second-order valence-corrected chi connectivity index (χ2v) is 9.25. The van der Waals surface area contributed by atoms with Gasteiger partial charge in [-0.1, -0.05) is 67.1 Å². The first-order valence-corrected chi connectivity index (χ1v) is 11.4. The summed E-state index contributed by atoms with van der Waals surface area (Å²) in [7, 11) is -4.15. The van der Waals surface area contributed by atoms with Crippen LogP contribution in [-0.2, 0) is 14.8 Å². The fraction of sp³-hybridized carbons (Fsp3) is 0.208. The molecule has 1 amide bonds. The first kappa shape index (κ1) is 22.5. The summed E-state index contributed by atoms with van der Waals surface area (Å²) in [4.78, 5) is 12.7. The number of carbonyl (C=O) groups excluding carboxylic acids is 1. The number of halogens is 1. The van der Waals surface area contributed by atoms with Crippen molar-refractivity contribution < 1.29 is 17.6 Å². The number of sulfonamides is 1. The summed E-state index contributed by atoms with van der Waals surface area (Å²) in [6, 6.07) is 21.4. The summed E-state index contributed by atoms with van der Waals surface area (Å²) in [5.74, 6) is -1.19. The van der Waals surface area contributed by atoms with Crippen LogP contribution in [0.15, 0.2) is 83.8 Å². The Balaban J connectivity index is 1.83. The summed E-state index contributed by atoms with van der Waals surface area (Å²) in [6.07, 6.45) is 0. The lowest BCUT2D eigenvalue weighted by Crippen LogP contribution is -2.42. The van der Waals surface area contributed by atoms with Gasteiger partial charge in [0.1, 0.15) is 12.4 Å². The van der Waals surface area contributed by atoms with E-state index in [2.05, 4.69) is 5.32 Å². The smallest absolute Gasteiger partial charge is 0.264 e. The summed E-state index contributed by atoms with van der Waals surface area (Å²) < 4.78 is 41.9. The van der Waals surface area contributed by atoms with Gasteiger partial charge in [-0.2, -0.15) is 0 Å². The average molecular weight is 441 g/mol. The van der Waals surface area contributed by atoms with E-state index in [9.17, 15) is 17.6 Å². The number of amides is 1. The van der Waals surface area contributed by atoms with E-state index in [4.69, 9.17) is 0 Å². The molecule has 3 aromatic carbocycles. The third kappa shape index (κ3) is 5.49. The van der Waals surface area contributed by atoms with Gasteiger partial charge in [-0.25, -0.2) is 12.8 Å². The lowest BCUT2D eigenvalue weighted by atomic mass is 10.0. The van der Waals surface area contributed by atoms with Crippen LogP contribution < -0.4 is 9.62 Å². The van der Waals surface area contributed by atoms with Crippen LogP contribution in [-0.4, -0.2) is 27.4 Å². The van der Waals surface area contributed by atoms with Crippen molar-refractivity contribution in [3.05, 3.63) is 95.8 Å². The van der Waals surface area contributed by atoms with Crippen molar-refractivity contribution >= 4 is 21.6 Å². The van der Waals surface area contributed by atoms with Gasteiger partial charge in [-0.15, -0.1) is 0 Å². The standard InChI is InChI=1S/C24H25FN2O3S/c1-18-12-14-21(15-13-18)31(29,30)27(23-11-7-6-10-22(23)25)17-24(28)26-16-19(2)20-8-4-3-5-9-20/h3-15,19H,16-17H2,1-2H3,(H,26,28). The van der Waals surface area contributed by atoms with Crippen LogP contribution in [0.25, 0.3) is 0 Å². The van der Waals surface area contributed by atoms with Crippen LogP contribution in [0.5, 0.6) is 0 Å². The highest BCUT2D eigenvalue weighted by Gasteiger charge is 2.29. The minimum Gasteiger partial charge on any atom is -0.354 e. The molecule has 7 heteroatoms. The molecule has 0 heterocycles. The molecule has 1 N–H and O–H groups in total. The molecule has 0 fully saturated rings. The third-order valence-electron chi connectivity index (χ3n) is 4.99. The normalized spacial score (nSPS) is 12.2. The molecular formula is C24H25FN2O3S. The van der Waals surface area contributed by atoms with Gasteiger partial charge in [-0.3, -0.25) is 9.10 Å². The van der Waals surface area contributed by atoms with Crippen molar-refractivity contribution in [2.75, 3.05) is 17.4 Å². The van der Waals surface area contributed by atoms with E-state index in [0.717, 1.165) is 15.4 Å². The van der Waals surface area contributed by atoms with Gasteiger partial charge in [0.25, 0.3) is 10.0 Å². The Labute approximate surface area is 182 Å². The predicted octanol–water partition coefficient (Wildman–Crippen LogP) is 4.25. The maximum atomic E-state index is 14.5. The summed E-state index contributed by atoms with van der Waals surface area (Å²) in [5, 5.41) is 2.77. The van der Waals surface area contributed by atoms with Gasteiger partial charge < -0.3 is 5.32 Å². The molecule has 162 valence electrons. The van der Waals surface area contributed by atoms with E-state index in [-0.39, 0.29) is 16.5 Å². The number of nitrogens with zero attached hydrogens (tertiary/aromatic N) is 1. The maximum Gasteiger partial charge on any atom is 0.264 e. The van der Waals surface area contributed by atoms with Crippen molar-refractivity contribution in [3.63, 3.8) is 0 Å². The number of aryl methyl sites for hydroxylation is 1. The van der Waals surface area contributed by atoms with E-state index in [1.165, 1.54) is 36.4 Å². The topological polar surface area (TPSA) is 66.5 Å². The van der Waals surface area contributed by atoms with E-state index in [1.807, 2.05) is 44.2 Å². The highest BCUT2D eigenvalue weighted by Crippen LogP contribution is 2.26. The van der Waals surface area contributed by atoms with Crippen LogP contribution in [0.3, 0.4) is 0 Å². The lowest BCUT2D eigenvalue weighted by Gasteiger charge is -2.25. The molecule has 3 aromatic rings. The van der Waals surface area contributed by atoms with E-state index >= 15 is 0 Å². The lowest BCUT2D eigenvalue weighted by molar-refractivity contribution is -0.119. The van der Waals surface area contributed by atoms with Crippen LogP contribution in [0.2, 0.25) is 0 Å². The molecule has 3 rings (SSSR count). The van der Waals surface area contributed by atoms with Crippen LogP contribution in [0.1, 0.15) is 24.0 Å². The summed E-state index contributed by atoms with van der Waals surface area (Å²) >= 11 is 0. The van der Waals surface area contributed by atoms with Crippen LogP contribution in [0, 0.1) is 12.7 Å². The second kappa shape index (κ2) is 9.75. The van der Waals surface area contributed by atoms with Gasteiger partial charge in [0.15, 0.2) is 0 Å². The molecule has 0 aromatic heterocycles. The van der Waals surface area contributed by atoms with E-state index in [1.54, 1.807) is 12.1 Å². The van der Waals surface area contributed by atoms with Crippen molar-refractivity contribution in [1.82, 2.24) is 5.32 Å². The third-order valence-corrected chi connectivity index (χ3v) is 6.77. The molecule has 0 aliphatic rings. The second-order valence-electron chi connectivity index (χ2n) is 7.39. The molecule has 0 saturated carbocycles. The maximum absolute atomic E-state index is 14.5. The minimum absolute atomic E-state index is 0.00759. The summed E-state index contributed by atoms with van der Waals surface area (Å²) in [6.45, 7) is 3.61. The van der Waals surface area contributed by atoms with Gasteiger partial charge in [-0.05, 0) is 42.7 Å². The molecule has 0 bridgehead atoms. The quantitative estimate of drug-likeness (QED) is 0.570. The Hall–Kier alpha value is -3.19. The van der Waals surface area contributed by atoms with Crippen molar-refractivity contribution in [2.24, 2.45) is 0 Å². The number of anilines is 1. The fourth-order valence-electron chi connectivity index (χ4n) is 3.14. The number of nitrogens with one attached hydrogen (secondary N) is 1. The Bertz CT molecular complexity index is 1130. The van der Waals surface area contributed by atoms with E-state index in [0.29, 0.717) is 6.54 Å². The van der Waals surface area contributed by atoms with E-state index < -0.39 is 28.3 Å². The zero-order chi connectivity index (χ0) is 22.4. The Morgan fingerprint density at radius 1 is 0.968 bits per heavy atom. The van der Waals surface area contributed by atoms with Crippen LogP contribution >= 0.6 is 0 Å². The molecule has 31 heavy (non-hydrogen) atoms. The largest absolute Gasteiger partial charge is 0.354 e. The Morgan fingerprint density at radius 3 is 2.23 bits per heavy atom. The Kier molecular flexibility index (Phi) is 7.07. The molecule has 1 unspecified atom stereocenters. The van der Waals surface area contributed by atoms with Gasteiger partial charge >= 0.3 is 0 Å². The highest BCUT2D eigenvalue weighted by molar-refractivity contribution is 7.92. The highest BCUT2D eigenvalue weighted by atomic mass is 32.2. The molecule has 0 aliphatic carbocycles. The molecule has 0 aliphatic heterocycles. The number of hydrogen-bond acceptors (Lipinski definition) is 3. The van der Waals surface area contributed by atoms with Gasteiger partial charge in [0, 0.05) is 6.54 Å². The van der Waals surface area contributed by atoms with Crippen molar-refractivity contribution in [1.29, 1.82) is 0 Å². The number of rotatable bonds is 8. The first-order chi connectivity index (χ1) is 14.8. The zero-order valence-electron chi connectivity index (χ0n) is 17.5. The predicted molar refractivity (Wildman–Crippen MR) is 120 cm³/mol. The SMILES string of the molecule is Cc1ccc(S(=O)(=O)N(CC(=O)NCC(C)c2ccccc2)c2ccccc2F)cc1. The molecule has 0 spiro atoms. The number of carbonyl (C=O) groups is 1. The van der Waals surface area contributed by atoms with Crippen molar-refractivity contribution in [3.8, 4) is 0 Å². The Morgan fingerprint density at radius 2 is 1.58 bits per heavy atom. The minimum atomic E-state index is -4.15. The summed E-state index contributed by atoms with van der Waals surface area (Å²) in [5.41, 5.74) is 1.78. The van der Waals surface area contributed by atoms with Gasteiger partial charge in [0.2, 0.25) is 5.91 Å².